The van der Waals surface area contributed by atoms with Crippen molar-refractivity contribution in [2.75, 3.05) is 14.1 Å². The smallest absolute Gasteiger partial charge is 0.106 e. The van der Waals surface area contributed by atoms with Crippen molar-refractivity contribution in [3.05, 3.63) is 11.9 Å². The summed E-state index contributed by atoms with van der Waals surface area (Å²) < 4.78 is 0. The Hall–Kier alpha value is -0.243. The predicted molar refractivity (Wildman–Crippen MR) is 69.3 cm³/mol. The van der Waals surface area contributed by atoms with Gasteiger partial charge in [0.15, 0.2) is 0 Å². The quantitative estimate of drug-likeness (QED) is 0.580. The van der Waals surface area contributed by atoms with E-state index in [0.29, 0.717) is 0 Å². The Morgan fingerprint density at radius 1 is 1.07 bits per heavy atom. The van der Waals surface area contributed by atoms with Gasteiger partial charge in [0.2, 0.25) is 0 Å². The predicted octanol–water partition coefficient (Wildman–Crippen LogP) is 3.89. The molecule has 0 aromatic carbocycles. The van der Waals surface area contributed by atoms with Gasteiger partial charge in [-0.25, -0.2) is 0 Å². The fourth-order valence-electron chi connectivity index (χ4n) is 2.40. The lowest BCUT2D eigenvalue weighted by molar-refractivity contribution is 0.538. The van der Waals surface area contributed by atoms with Gasteiger partial charge in [-0.2, -0.15) is 0 Å². The minimum Gasteiger partial charge on any atom is -0.385 e. The average Bonchev–Trinajstić information content (AvgIpc) is 2.16. The molecule has 0 fully saturated rings. The average molecular weight is 213 g/mol. The Morgan fingerprint density at radius 3 is 1.71 bits per heavy atom. The lowest BCUT2D eigenvalue weighted by Gasteiger charge is -2.36. The van der Waals surface area contributed by atoms with Gasteiger partial charge in [-0.05, 0) is 5.32 Å². The van der Waals surface area contributed by atoms with Gasteiger partial charge in [-0.15, -0.1) is 0 Å². The Bertz CT molecular complexity index is 169. The molecule has 0 radical (unpaired) electrons. The standard InChI is InChI=1S/C12H27NSi/c1-7-10-14(9-3,11-8-2)12(4)13(5)6/h4,7-11H2,1-3,5-6H3. The van der Waals surface area contributed by atoms with E-state index in [1.807, 2.05) is 0 Å². The van der Waals surface area contributed by atoms with E-state index in [9.17, 15) is 0 Å². The van der Waals surface area contributed by atoms with Crippen LogP contribution in [0.3, 0.4) is 0 Å². The SMILES string of the molecule is C=C(N(C)C)[Si](CC)(CCC)CCC. The van der Waals surface area contributed by atoms with E-state index in [-0.39, 0.29) is 0 Å². The monoisotopic (exact) mass is 213 g/mol. The molecule has 84 valence electrons. The number of hydrogen-bond acceptors (Lipinski definition) is 1. The highest BCUT2D eigenvalue weighted by atomic mass is 28.3. The van der Waals surface area contributed by atoms with Crippen molar-refractivity contribution in [3.8, 4) is 0 Å². The first-order valence-corrected chi connectivity index (χ1v) is 8.52. The van der Waals surface area contributed by atoms with Gasteiger partial charge in [0.05, 0.1) is 0 Å². The maximum Gasteiger partial charge on any atom is 0.106 e. The fourth-order valence-corrected chi connectivity index (χ4v) is 7.21. The van der Waals surface area contributed by atoms with Gasteiger partial charge in [0.1, 0.15) is 8.07 Å². The molecule has 0 bridgehead atoms. The van der Waals surface area contributed by atoms with Gasteiger partial charge in [0, 0.05) is 14.1 Å². The molecule has 0 aromatic heterocycles. The molecule has 1 nitrogen and oxygen atoms in total. The third-order valence-corrected chi connectivity index (χ3v) is 9.23. The van der Waals surface area contributed by atoms with Crippen molar-refractivity contribution in [1.82, 2.24) is 4.90 Å². The van der Waals surface area contributed by atoms with Crippen molar-refractivity contribution in [3.63, 3.8) is 0 Å². The molecule has 0 rings (SSSR count). The number of nitrogens with zero attached hydrogens (tertiary/aromatic N) is 1. The lowest BCUT2D eigenvalue weighted by Crippen LogP contribution is -2.41. The number of hydrogen-bond donors (Lipinski definition) is 0. The van der Waals surface area contributed by atoms with Crippen LogP contribution >= 0.6 is 0 Å². The summed E-state index contributed by atoms with van der Waals surface area (Å²) in [7, 11) is 3.08. The van der Waals surface area contributed by atoms with Gasteiger partial charge >= 0.3 is 0 Å². The summed E-state index contributed by atoms with van der Waals surface area (Å²) >= 11 is 0. The van der Waals surface area contributed by atoms with E-state index in [1.54, 1.807) is 0 Å². The topological polar surface area (TPSA) is 3.24 Å². The molecule has 0 saturated carbocycles. The lowest BCUT2D eigenvalue weighted by atomic mass is 10.6. The fraction of sp³-hybridized carbons (Fsp3) is 0.833. The third kappa shape index (κ3) is 3.16. The highest BCUT2D eigenvalue weighted by molar-refractivity contribution is 6.86. The molecular formula is C12H27NSi. The maximum atomic E-state index is 4.32. The largest absolute Gasteiger partial charge is 0.385 e. The highest BCUT2D eigenvalue weighted by Crippen LogP contribution is 2.31. The minimum absolute atomic E-state index is 1.20. The summed E-state index contributed by atoms with van der Waals surface area (Å²) in [6, 6.07) is 4.18. The van der Waals surface area contributed by atoms with E-state index >= 15 is 0 Å². The molecule has 0 amide bonds. The summed E-state index contributed by atoms with van der Waals surface area (Å²) in [5, 5.41) is 1.45. The van der Waals surface area contributed by atoms with Gasteiger partial charge in [0.25, 0.3) is 0 Å². The van der Waals surface area contributed by atoms with Gasteiger partial charge < -0.3 is 4.90 Å². The second kappa shape index (κ2) is 6.28. The van der Waals surface area contributed by atoms with E-state index < -0.39 is 8.07 Å². The molecule has 0 N–H and O–H groups in total. The summed E-state index contributed by atoms with van der Waals surface area (Å²) in [4.78, 5) is 2.25. The first kappa shape index (κ1) is 13.8. The van der Waals surface area contributed by atoms with Crippen molar-refractivity contribution in [2.45, 2.75) is 51.7 Å². The van der Waals surface area contributed by atoms with Gasteiger partial charge in [-0.1, -0.05) is 58.3 Å². The zero-order valence-corrected chi connectivity index (χ0v) is 11.7. The molecule has 0 unspecified atom stereocenters. The third-order valence-electron chi connectivity index (χ3n) is 3.29. The molecule has 0 aliphatic heterocycles. The Kier molecular flexibility index (Phi) is 6.17. The molecular weight excluding hydrogens is 186 g/mol. The van der Waals surface area contributed by atoms with Crippen LogP contribution in [-0.4, -0.2) is 27.1 Å². The van der Waals surface area contributed by atoms with Crippen LogP contribution in [0, 0.1) is 0 Å². The van der Waals surface area contributed by atoms with Crippen LogP contribution in [0.15, 0.2) is 11.9 Å². The van der Waals surface area contributed by atoms with Gasteiger partial charge in [-0.3, -0.25) is 0 Å². The molecule has 0 spiro atoms. The van der Waals surface area contributed by atoms with Crippen LogP contribution in [0.4, 0.5) is 0 Å². The van der Waals surface area contributed by atoms with Crippen LogP contribution in [0.1, 0.15) is 33.6 Å². The van der Waals surface area contributed by atoms with E-state index in [1.165, 1.54) is 36.3 Å². The Labute approximate surface area is 91.2 Å². The summed E-state index contributed by atoms with van der Waals surface area (Å²) in [6.07, 6.45) is 2.62. The first-order valence-electron chi connectivity index (χ1n) is 5.90. The van der Waals surface area contributed by atoms with Crippen molar-refractivity contribution < 1.29 is 0 Å². The van der Waals surface area contributed by atoms with Crippen molar-refractivity contribution in [2.24, 2.45) is 0 Å². The Morgan fingerprint density at radius 2 is 1.50 bits per heavy atom. The maximum absolute atomic E-state index is 4.32. The summed E-state index contributed by atoms with van der Waals surface area (Å²) in [6.45, 7) is 11.3. The zero-order chi connectivity index (χ0) is 11.2. The van der Waals surface area contributed by atoms with Crippen molar-refractivity contribution in [1.29, 1.82) is 0 Å². The minimum atomic E-state index is -1.20. The Balaban J connectivity index is 4.72. The second-order valence-corrected chi connectivity index (χ2v) is 9.32. The molecule has 0 aromatic rings. The molecule has 0 atom stereocenters. The summed E-state index contributed by atoms with van der Waals surface area (Å²) in [5.74, 6) is 0. The molecule has 0 heterocycles. The van der Waals surface area contributed by atoms with Crippen LogP contribution in [0.5, 0.6) is 0 Å². The molecule has 0 aliphatic carbocycles. The van der Waals surface area contributed by atoms with E-state index in [4.69, 9.17) is 0 Å². The normalized spacial score (nSPS) is 11.5. The molecule has 14 heavy (non-hydrogen) atoms. The highest BCUT2D eigenvalue weighted by Gasteiger charge is 2.33. The number of rotatable bonds is 7. The molecule has 0 saturated heterocycles. The molecule has 0 aliphatic rings. The molecule has 2 heteroatoms. The van der Waals surface area contributed by atoms with E-state index in [2.05, 4.69) is 46.3 Å². The summed E-state index contributed by atoms with van der Waals surface area (Å²) in [5.41, 5.74) is 0. The van der Waals surface area contributed by atoms with E-state index in [0.717, 1.165) is 0 Å². The van der Waals surface area contributed by atoms with Crippen LogP contribution in [0.25, 0.3) is 0 Å². The zero-order valence-electron chi connectivity index (χ0n) is 10.7. The van der Waals surface area contributed by atoms with Crippen LogP contribution in [-0.2, 0) is 0 Å². The first-order chi connectivity index (χ1) is 6.54. The van der Waals surface area contributed by atoms with Crippen LogP contribution in [0.2, 0.25) is 18.1 Å². The second-order valence-electron chi connectivity index (χ2n) is 4.48. The van der Waals surface area contributed by atoms with Crippen molar-refractivity contribution >= 4 is 8.07 Å². The van der Waals surface area contributed by atoms with Crippen LogP contribution < -0.4 is 0 Å².